The van der Waals surface area contributed by atoms with Crippen molar-refractivity contribution in [3.8, 4) is 17.2 Å². The van der Waals surface area contributed by atoms with Crippen LogP contribution in [0.1, 0.15) is 21.5 Å². The van der Waals surface area contributed by atoms with Gasteiger partial charge in [-0.25, -0.2) is 10.2 Å². The molecule has 0 aliphatic carbocycles. The van der Waals surface area contributed by atoms with Gasteiger partial charge in [0.05, 0.1) is 31.7 Å². The molecule has 3 aromatic rings. The molecule has 0 heterocycles. The van der Waals surface area contributed by atoms with E-state index in [1.807, 2.05) is 13.0 Å². The van der Waals surface area contributed by atoms with Gasteiger partial charge in [0.2, 0.25) is 0 Å². The summed E-state index contributed by atoms with van der Waals surface area (Å²) in [6, 6.07) is 18.4. The van der Waals surface area contributed by atoms with Crippen LogP contribution >= 0.6 is 0 Å². The van der Waals surface area contributed by atoms with Gasteiger partial charge in [0.15, 0.2) is 0 Å². The Morgan fingerprint density at radius 3 is 2.26 bits per heavy atom. The second kappa shape index (κ2) is 11.3. The molecular weight excluding hydrogens is 438 g/mol. The third-order valence-corrected chi connectivity index (χ3v) is 4.59. The Bertz CT molecular complexity index is 1220. The minimum Gasteiger partial charge on any atom is -0.497 e. The third-order valence-electron chi connectivity index (χ3n) is 4.59. The van der Waals surface area contributed by atoms with Gasteiger partial charge < -0.3 is 19.5 Å². The molecule has 3 aromatic carbocycles. The number of hydrogen-bond donors (Lipinski definition) is 2. The van der Waals surface area contributed by atoms with Crippen molar-refractivity contribution < 1.29 is 28.6 Å². The first kappa shape index (κ1) is 24.0. The Labute approximate surface area is 196 Å². The number of rotatable bonds is 7. The molecule has 0 aromatic heterocycles. The number of benzene rings is 3. The number of carbonyl (C=O) groups is 3. The fourth-order valence-electron chi connectivity index (χ4n) is 2.87. The van der Waals surface area contributed by atoms with Crippen molar-refractivity contribution in [2.45, 2.75) is 6.92 Å². The lowest BCUT2D eigenvalue weighted by Crippen LogP contribution is -2.32. The molecule has 9 nitrogen and oxygen atoms in total. The van der Waals surface area contributed by atoms with E-state index < -0.39 is 17.8 Å². The number of ether oxygens (including phenoxy) is 3. The zero-order chi connectivity index (χ0) is 24.5. The average Bonchev–Trinajstić information content (AvgIpc) is 2.84. The van der Waals surface area contributed by atoms with Gasteiger partial charge in [-0.3, -0.25) is 9.59 Å². The molecule has 34 heavy (non-hydrogen) atoms. The first-order valence-electron chi connectivity index (χ1n) is 10.1. The van der Waals surface area contributed by atoms with E-state index in [0.29, 0.717) is 28.4 Å². The summed E-state index contributed by atoms with van der Waals surface area (Å²) < 4.78 is 15.6. The Kier molecular flexibility index (Phi) is 7.96. The van der Waals surface area contributed by atoms with Gasteiger partial charge in [-0.1, -0.05) is 17.7 Å². The standard InChI is InChI=1S/C25H23N3O6/c1-16-5-4-6-18(13-16)25(31)34-19-9-7-17(8-10-19)15-26-28-24(30)23(29)27-21-14-20(32-2)11-12-22(21)33-3/h4-15H,1-3H3,(H,27,29)(H,28,30). The number of hydrogen-bond acceptors (Lipinski definition) is 7. The van der Waals surface area contributed by atoms with Crippen LogP contribution in [0.4, 0.5) is 5.69 Å². The van der Waals surface area contributed by atoms with E-state index in [4.69, 9.17) is 14.2 Å². The quantitative estimate of drug-likeness (QED) is 0.183. The van der Waals surface area contributed by atoms with Crippen LogP contribution in [0.3, 0.4) is 0 Å². The molecule has 0 saturated carbocycles. The van der Waals surface area contributed by atoms with Crippen LogP contribution in [-0.4, -0.2) is 38.2 Å². The van der Waals surface area contributed by atoms with Crippen molar-refractivity contribution in [3.63, 3.8) is 0 Å². The summed E-state index contributed by atoms with van der Waals surface area (Å²) in [5.41, 5.74) is 4.46. The van der Waals surface area contributed by atoms with Crippen LogP contribution in [0.15, 0.2) is 71.8 Å². The highest BCUT2D eigenvalue weighted by Crippen LogP contribution is 2.28. The molecule has 0 bridgehead atoms. The topological polar surface area (TPSA) is 115 Å². The van der Waals surface area contributed by atoms with E-state index in [0.717, 1.165) is 5.56 Å². The maximum absolute atomic E-state index is 12.2. The summed E-state index contributed by atoms with van der Waals surface area (Å²) in [5, 5.41) is 6.23. The van der Waals surface area contributed by atoms with Crippen molar-refractivity contribution in [2.24, 2.45) is 5.10 Å². The lowest BCUT2D eigenvalue weighted by Gasteiger charge is -2.11. The van der Waals surface area contributed by atoms with Gasteiger partial charge in [0, 0.05) is 6.07 Å². The number of carbonyl (C=O) groups excluding carboxylic acids is 3. The SMILES string of the molecule is COc1ccc(OC)c(NC(=O)C(=O)NN=Cc2ccc(OC(=O)c3cccc(C)c3)cc2)c1. The van der Waals surface area contributed by atoms with Gasteiger partial charge in [0.1, 0.15) is 17.2 Å². The summed E-state index contributed by atoms with van der Waals surface area (Å²) >= 11 is 0. The van der Waals surface area contributed by atoms with Gasteiger partial charge in [0.25, 0.3) is 0 Å². The summed E-state index contributed by atoms with van der Waals surface area (Å²) in [5.74, 6) is -1.14. The maximum atomic E-state index is 12.2. The van der Waals surface area contributed by atoms with Crippen LogP contribution < -0.4 is 25.0 Å². The minimum atomic E-state index is -0.968. The smallest absolute Gasteiger partial charge is 0.343 e. The molecule has 0 unspecified atom stereocenters. The number of esters is 1. The van der Waals surface area contributed by atoms with Crippen LogP contribution in [0.2, 0.25) is 0 Å². The average molecular weight is 461 g/mol. The van der Waals surface area contributed by atoms with Crippen LogP contribution in [0, 0.1) is 6.92 Å². The Hall–Kier alpha value is -4.66. The van der Waals surface area contributed by atoms with Gasteiger partial charge in [-0.15, -0.1) is 0 Å². The summed E-state index contributed by atoms with van der Waals surface area (Å²) in [6.45, 7) is 1.89. The predicted octanol–water partition coefficient (Wildman–Crippen LogP) is 3.32. The second-order valence-electron chi connectivity index (χ2n) is 7.05. The zero-order valence-electron chi connectivity index (χ0n) is 18.8. The lowest BCUT2D eigenvalue weighted by molar-refractivity contribution is -0.136. The first-order chi connectivity index (χ1) is 16.4. The minimum absolute atomic E-state index is 0.279. The van der Waals surface area contributed by atoms with Gasteiger partial charge in [-0.2, -0.15) is 5.10 Å². The molecule has 0 atom stereocenters. The second-order valence-corrected chi connectivity index (χ2v) is 7.05. The van der Waals surface area contributed by atoms with E-state index >= 15 is 0 Å². The van der Waals surface area contributed by atoms with Crippen molar-refractivity contribution in [3.05, 3.63) is 83.4 Å². The van der Waals surface area contributed by atoms with E-state index in [2.05, 4.69) is 15.8 Å². The summed E-state index contributed by atoms with van der Waals surface area (Å²) in [4.78, 5) is 36.4. The van der Waals surface area contributed by atoms with E-state index in [-0.39, 0.29) is 5.69 Å². The predicted molar refractivity (Wildman–Crippen MR) is 126 cm³/mol. The highest BCUT2D eigenvalue weighted by atomic mass is 16.5. The zero-order valence-corrected chi connectivity index (χ0v) is 18.8. The molecule has 0 spiro atoms. The normalized spacial score (nSPS) is 10.4. The van der Waals surface area contributed by atoms with Crippen molar-refractivity contribution in [1.82, 2.24) is 5.43 Å². The number of nitrogens with one attached hydrogen (secondary N) is 2. The first-order valence-corrected chi connectivity index (χ1v) is 10.1. The number of amides is 2. The Morgan fingerprint density at radius 2 is 1.59 bits per heavy atom. The van der Waals surface area contributed by atoms with Gasteiger partial charge >= 0.3 is 17.8 Å². The number of methoxy groups -OCH3 is 2. The third kappa shape index (κ3) is 6.42. The number of anilines is 1. The highest BCUT2D eigenvalue weighted by Gasteiger charge is 2.16. The molecule has 2 N–H and O–H groups in total. The number of hydrazone groups is 1. The van der Waals surface area contributed by atoms with E-state index in [1.54, 1.807) is 54.6 Å². The maximum Gasteiger partial charge on any atom is 0.343 e. The lowest BCUT2D eigenvalue weighted by atomic mass is 10.1. The van der Waals surface area contributed by atoms with Crippen molar-refractivity contribution in [2.75, 3.05) is 19.5 Å². The van der Waals surface area contributed by atoms with E-state index in [9.17, 15) is 14.4 Å². The number of nitrogens with zero attached hydrogens (tertiary/aromatic N) is 1. The Balaban J connectivity index is 1.54. The summed E-state index contributed by atoms with van der Waals surface area (Å²) in [6.07, 6.45) is 1.35. The van der Waals surface area contributed by atoms with E-state index in [1.165, 1.54) is 26.5 Å². The van der Waals surface area contributed by atoms with Crippen molar-refractivity contribution >= 4 is 29.7 Å². The largest absolute Gasteiger partial charge is 0.497 e. The molecule has 9 heteroatoms. The van der Waals surface area contributed by atoms with Crippen molar-refractivity contribution in [1.29, 1.82) is 0 Å². The fraction of sp³-hybridized carbons (Fsp3) is 0.120. The molecule has 0 fully saturated rings. The summed E-state index contributed by atoms with van der Waals surface area (Å²) in [7, 11) is 2.92. The highest BCUT2D eigenvalue weighted by molar-refractivity contribution is 6.39. The van der Waals surface area contributed by atoms with Crippen LogP contribution in [-0.2, 0) is 9.59 Å². The van der Waals surface area contributed by atoms with Crippen LogP contribution in [0.25, 0.3) is 0 Å². The van der Waals surface area contributed by atoms with Crippen LogP contribution in [0.5, 0.6) is 17.2 Å². The monoisotopic (exact) mass is 461 g/mol. The fourth-order valence-corrected chi connectivity index (χ4v) is 2.87. The Morgan fingerprint density at radius 1 is 0.853 bits per heavy atom. The molecule has 3 rings (SSSR count). The molecule has 0 saturated heterocycles. The molecule has 0 radical (unpaired) electrons. The molecule has 174 valence electrons. The van der Waals surface area contributed by atoms with Gasteiger partial charge in [-0.05, 0) is 61.0 Å². The molecule has 0 aliphatic heterocycles. The molecule has 2 amide bonds. The molecular formula is C25H23N3O6. The number of aryl methyl sites for hydroxylation is 1. The molecule has 0 aliphatic rings.